The number of ether oxygens (including phenoxy) is 1. The summed E-state index contributed by atoms with van der Waals surface area (Å²) < 4.78 is 42.7. The van der Waals surface area contributed by atoms with Crippen molar-refractivity contribution in [2.75, 3.05) is 5.32 Å². The van der Waals surface area contributed by atoms with Crippen LogP contribution < -0.4 is 10.1 Å². The molecule has 0 saturated heterocycles. The lowest BCUT2D eigenvalue weighted by Crippen LogP contribution is -2.18. The van der Waals surface area contributed by atoms with Crippen LogP contribution in [0.3, 0.4) is 0 Å². The second kappa shape index (κ2) is 6.09. The first-order valence-electron chi connectivity index (χ1n) is 6.49. The highest BCUT2D eigenvalue weighted by Gasteiger charge is 2.30. The van der Waals surface area contributed by atoms with E-state index in [1.165, 1.54) is 12.1 Å². The van der Waals surface area contributed by atoms with Crippen LogP contribution in [-0.2, 0) is 6.18 Å². The van der Waals surface area contributed by atoms with Gasteiger partial charge >= 0.3 is 12.3 Å². The Morgan fingerprint density at radius 3 is 2.50 bits per heavy atom. The molecule has 0 bridgehead atoms. The van der Waals surface area contributed by atoms with E-state index in [4.69, 9.17) is 4.74 Å². The smallest absolute Gasteiger partial charge is 0.410 e. The molecule has 0 heterocycles. The third kappa shape index (κ3) is 4.00. The van der Waals surface area contributed by atoms with E-state index in [0.717, 1.165) is 23.3 Å². The lowest BCUT2D eigenvalue weighted by atomic mass is 10.1. The van der Waals surface area contributed by atoms with Crippen molar-refractivity contribution >= 4 is 11.8 Å². The van der Waals surface area contributed by atoms with E-state index in [2.05, 4.69) is 5.32 Å². The highest BCUT2D eigenvalue weighted by molar-refractivity contribution is 5.87. The van der Waals surface area contributed by atoms with E-state index in [1.807, 2.05) is 19.1 Å². The Morgan fingerprint density at radius 2 is 1.82 bits per heavy atom. The Labute approximate surface area is 125 Å². The summed E-state index contributed by atoms with van der Waals surface area (Å²) in [5.74, 6) is -0.169. The largest absolute Gasteiger partial charge is 0.417 e. The van der Waals surface area contributed by atoms with Crippen LogP contribution in [0.1, 0.15) is 16.7 Å². The molecule has 2 rings (SSSR count). The van der Waals surface area contributed by atoms with Crippen LogP contribution in [0.15, 0.2) is 42.5 Å². The molecule has 1 N–H and O–H groups in total. The first kappa shape index (κ1) is 15.9. The van der Waals surface area contributed by atoms with E-state index >= 15 is 0 Å². The molecule has 0 aliphatic rings. The number of carbonyl (C=O) groups excluding carboxylic acids is 1. The molecule has 0 atom stereocenters. The first-order valence-corrected chi connectivity index (χ1v) is 6.49. The molecular formula is C16H14F3NO2. The maximum atomic E-state index is 12.6. The molecule has 1 amide bonds. The van der Waals surface area contributed by atoms with Crippen LogP contribution in [-0.4, -0.2) is 6.09 Å². The van der Waals surface area contributed by atoms with Gasteiger partial charge in [-0.1, -0.05) is 18.2 Å². The van der Waals surface area contributed by atoms with E-state index in [9.17, 15) is 18.0 Å². The minimum absolute atomic E-state index is 0.169. The molecule has 22 heavy (non-hydrogen) atoms. The summed E-state index contributed by atoms with van der Waals surface area (Å²) in [6.07, 6.45) is -5.32. The Bertz CT molecular complexity index is 696. The zero-order valence-corrected chi connectivity index (χ0v) is 12.0. The topological polar surface area (TPSA) is 38.3 Å². The van der Waals surface area contributed by atoms with E-state index in [1.54, 1.807) is 13.0 Å². The predicted molar refractivity (Wildman–Crippen MR) is 77.0 cm³/mol. The van der Waals surface area contributed by atoms with Gasteiger partial charge in [0.2, 0.25) is 0 Å². The molecule has 0 radical (unpaired) electrons. The molecule has 0 spiro atoms. The summed E-state index contributed by atoms with van der Waals surface area (Å²) in [7, 11) is 0. The van der Waals surface area contributed by atoms with Crippen molar-refractivity contribution in [3.63, 3.8) is 0 Å². The van der Waals surface area contributed by atoms with Crippen molar-refractivity contribution in [3.05, 3.63) is 59.2 Å². The van der Waals surface area contributed by atoms with Gasteiger partial charge < -0.3 is 4.74 Å². The fraction of sp³-hybridized carbons (Fsp3) is 0.188. The summed E-state index contributed by atoms with van der Waals surface area (Å²) in [6, 6.07) is 9.63. The standard InChI is InChI=1S/C16H14F3NO2/c1-10-6-7-11(2)14(8-10)20-15(21)22-13-5-3-4-12(9-13)16(17,18)19/h3-9H,1-2H3,(H,20,21). The molecule has 0 aromatic heterocycles. The molecule has 0 unspecified atom stereocenters. The molecule has 0 aliphatic heterocycles. The van der Waals surface area contributed by atoms with Crippen LogP contribution in [0.2, 0.25) is 0 Å². The van der Waals surface area contributed by atoms with Crippen LogP contribution in [0.4, 0.5) is 23.7 Å². The van der Waals surface area contributed by atoms with Crippen molar-refractivity contribution < 1.29 is 22.7 Å². The summed E-state index contributed by atoms with van der Waals surface area (Å²) >= 11 is 0. The summed E-state index contributed by atoms with van der Waals surface area (Å²) in [5.41, 5.74) is 1.45. The van der Waals surface area contributed by atoms with Gasteiger partial charge in [0, 0.05) is 5.69 Å². The van der Waals surface area contributed by atoms with Crippen molar-refractivity contribution in [1.29, 1.82) is 0 Å². The number of benzene rings is 2. The van der Waals surface area contributed by atoms with Gasteiger partial charge in [-0.25, -0.2) is 4.79 Å². The number of hydrogen-bond donors (Lipinski definition) is 1. The lowest BCUT2D eigenvalue weighted by molar-refractivity contribution is -0.137. The van der Waals surface area contributed by atoms with Gasteiger partial charge in [0.25, 0.3) is 0 Å². The fourth-order valence-corrected chi connectivity index (χ4v) is 1.85. The van der Waals surface area contributed by atoms with Crippen molar-refractivity contribution in [1.82, 2.24) is 0 Å². The zero-order chi connectivity index (χ0) is 16.3. The summed E-state index contributed by atoms with van der Waals surface area (Å²) in [4.78, 5) is 11.8. The second-order valence-electron chi connectivity index (χ2n) is 4.86. The highest BCUT2D eigenvalue weighted by Crippen LogP contribution is 2.31. The Balaban J connectivity index is 2.11. The maximum Gasteiger partial charge on any atom is 0.417 e. The summed E-state index contributed by atoms with van der Waals surface area (Å²) in [5, 5.41) is 2.52. The molecule has 3 nitrogen and oxygen atoms in total. The number of halogens is 3. The number of aryl methyl sites for hydroxylation is 2. The average Bonchev–Trinajstić information content (AvgIpc) is 2.42. The molecule has 116 valence electrons. The Morgan fingerprint density at radius 1 is 1.09 bits per heavy atom. The van der Waals surface area contributed by atoms with E-state index in [0.29, 0.717) is 5.69 Å². The molecule has 0 aliphatic carbocycles. The molecule has 2 aromatic carbocycles. The molecule has 0 saturated carbocycles. The van der Waals surface area contributed by atoms with Crippen molar-refractivity contribution in [2.45, 2.75) is 20.0 Å². The number of alkyl halides is 3. The zero-order valence-electron chi connectivity index (χ0n) is 12.0. The fourth-order valence-electron chi connectivity index (χ4n) is 1.85. The van der Waals surface area contributed by atoms with Gasteiger partial charge in [-0.15, -0.1) is 0 Å². The third-order valence-corrected chi connectivity index (χ3v) is 3.00. The van der Waals surface area contributed by atoms with Crippen LogP contribution in [0.25, 0.3) is 0 Å². The Kier molecular flexibility index (Phi) is 4.40. The van der Waals surface area contributed by atoms with Gasteiger partial charge in [0.05, 0.1) is 5.56 Å². The van der Waals surface area contributed by atoms with Crippen molar-refractivity contribution in [2.24, 2.45) is 0 Å². The maximum absolute atomic E-state index is 12.6. The van der Waals surface area contributed by atoms with Gasteiger partial charge in [-0.3, -0.25) is 5.32 Å². The van der Waals surface area contributed by atoms with Gasteiger partial charge in [-0.05, 0) is 49.2 Å². The highest BCUT2D eigenvalue weighted by atomic mass is 19.4. The monoisotopic (exact) mass is 309 g/mol. The van der Waals surface area contributed by atoms with Gasteiger partial charge in [-0.2, -0.15) is 13.2 Å². The summed E-state index contributed by atoms with van der Waals surface area (Å²) in [6.45, 7) is 3.67. The number of rotatable bonds is 2. The Hall–Kier alpha value is -2.50. The lowest BCUT2D eigenvalue weighted by Gasteiger charge is -2.11. The second-order valence-corrected chi connectivity index (χ2v) is 4.86. The van der Waals surface area contributed by atoms with E-state index in [-0.39, 0.29) is 5.75 Å². The number of anilines is 1. The number of amides is 1. The number of nitrogens with one attached hydrogen (secondary N) is 1. The molecule has 6 heteroatoms. The van der Waals surface area contributed by atoms with Crippen LogP contribution in [0, 0.1) is 13.8 Å². The van der Waals surface area contributed by atoms with Crippen LogP contribution in [0.5, 0.6) is 5.75 Å². The average molecular weight is 309 g/mol. The third-order valence-electron chi connectivity index (χ3n) is 3.00. The normalized spacial score (nSPS) is 11.1. The SMILES string of the molecule is Cc1ccc(C)c(NC(=O)Oc2cccc(C(F)(F)F)c2)c1. The molecule has 0 fully saturated rings. The van der Waals surface area contributed by atoms with Crippen molar-refractivity contribution in [3.8, 4) is 5.75 Å². The van der Waals surface area contributed by atoms with Gasteiger partial charge in [0.1, 0.15) is 5.75 Å². The molecular weight excluding hydrogens is 295 g/mol. The molecule has 2 aromatic rings. The van der Waals surface area contributed by atoms with Crippen LogP contribution >= 0.6 is 0 Å². The first-order chi connectivity index (χ1) is 10.3. The quantitative estimate of drug-likeness (QED) is 0.854. The van der Waals surface area contributed by atoms with Gasteiger partial charge in [0.15, 0.2) is 0 Å². The van der Waals surface area contributed by atoms with E-state index < -0.39 is 17.8 Å². The number of carbonyl (C=O) groups is 1. The minimum atomic E-state index is -4.48. The predicted octanol–water partition coefficient (Wildman–Crippen LogP) is 4.93. The number of hydrogen-bond acceptors (Lipinski definition) is 2. The minimum Gasteiger partial charge on any atom is -0.410 e.